The number of nitrogens with zero attached hydrogens (tertiary/aromatic N) is 1. The summed E-state index contributed by atoms with van der Waals surface area (Å²) in [5.74, 6) is -0.366. The fourth-order valence-corrected chi connectivity index (χ4v) is 3.41. The zero-order valence-corrected chi connectivity index (χ0v) is 12.4. The van der Waals surface area contributed by atoms with E-state index in [0.29, 0.717) is 0 Å². The van der Waals surface area contributed by atoms with Crippen LogP contribution in [0.25, 0.3) is 0 Å². The number of carbonyl (C=O) groups excluding carboxylic acids is 1. The molecule has 106 valence electrons. The number of benzene rings is 1. The quantitative estimate of drug-likeness (QED) is 0.800. The molecule has 0 aliphatic heterocycles. The van der Waals surface area contributed by atoms with Crippen molar-refractivity contribution in [2.24, 2.45) is 0 Å². The second-order valence-electron chi connectivity index (χ2n) is 4.23. The number of anilines is 1. The van der Waals surface area contributed by atoms with Gasteiger partial charge in [-0.15, -0.1) is 0 Å². The number of hydrogen-bond acceptors (Lipinski definition) is 4. The maximum atomic E-state index is 12.2. The molecule has 0 aromatic heterocycles. The monoisotopic (exact) mass is 305 g/mol. The van der Waals surface area contributed by atoms with Gasteiger partial charge in [0, 0.05) is 14.1 Å². The molecule has 3 N–H and O–H groups in total. The highest BCUT2D eigenvalue weighted by molar-refractivity contribution is 7.89. The van der Waals surface area contributed by atoms with E-state index in [1.807, 2.05) is 0 Å². The summed E-state index contributed by atoms with van der Waals surface area (Å²) >= 11 is 5.85. The fourth-order valence-electron chi connectivity index (χ4n) is 1.54. The van der Waals surface area contributed by atoms with Gasteiger partial charge in [0.15, 0.2) is 0 Å². The highest BCUT2D eigenvalue weighted by Gasteiger charge is 2.26. The van der Waals surface area contributed by atoms with Crippen molar-refractivity contribution in [3.05, 3.63) is 23.2 Å². The van der Waals surface area contributed by atoms with Gasteiger partial charge in [0.05, 0.1) is 16.8 Å². The van der Waals surface area contributed by atoms with Crippen molar-refractivity contribution in [3.63, 3.8) is 0 Å². The molecule has 0 saturated heterocycles. The van der Waals surface area contributed by atoms with Crippen molar-refractivity contribution in [3.8, 4) is 0 Å². The molecule has 0 radical (unpaired) electrons. The zero-order chi connectivity index (χ0) is 14.8. The first kappa shape index (κ1) is 15.7. The van der Waals surface area contributed by atoms with Gasteiger partial charge in [-0.2, -0.15) is 4.72 Å². The van der Waals surface area contributed by atoms with E-state index in [1.54, 1.807) is 6.07 Å². The van der Waals surface area contributed by atoms with Gasteiger partial charge in [-0.3, -0.25) is 4.79 Å². The predicted molar refractivity (Wildman–Crippen MR) is 74.3 cm³/mol. The fraction of sp³-hybridized carbons (Fsp3) is 0.364. The molecule has 6 nitrogen and oxygen atoms in total. The lowest BCUT2D eigenvalue weighted by Gasteiger charge is -2.19. The van der Waals surface area contributed by atoms with Crippen LogP contribution in [0.3, 0.4) is 0 Å². The number of hydrogen-bond donors (Lipinski definition) is 2. The molecular weight excluding hydrogens is 290 g/mol. The summed E-state index contributed by atoms with van der Waals surface area (Å²) in [6, 6.07) is 3.49. The molecule has 1 unspecified atom stereocenters. The largest absolute Gasteiger partial charge is 0.398 e. The first-order valence-electron chi connectivity index (χ1n) is 5.44. The van der Waals surface area contributed by atoms with Crippen molar-refractivity contribution >= 4 is 33.2 Å². The van der Waals surface area contributed by atoms with Gasteiger partial charge < -0.3 is 10.6 Å². The second-order valence-corrected chi connectivity index (χ2v) is 6.29. The van der Waals surface area contributed by atoms with Crippen molar-refractivity contribution in [1.82, 2.24) is 9.62 Å². The minimum Gasteiger partial charge on any atom is -0.398 e. The van der Waals surface area contributed by atoms with E-state index < -0.39 is 16.1 Å². The molecule has 1 aromatic carbocycles. The SMILES string of the molecule is CC(NS(=O)(=O)c1c(N)cccc1Cl)C(=O)N(C)C. The third-order valence-electron chi connectivity index (χ3n) is 2.41. The molecular formula is C11H16ClN3O3S. The van der Waals surface area contributed by atoms with Gasteiger partial charge in [0.2, 0.25) is 15.9 Å². The van der Waals surface area contributed by atoms with Crippen LogP contribution in [-0.4, -0.2) is 39.4 Å². The van der Waals surface area contributed by atoms with Crippen LogP contribution in [0, 0.1) is 0 Å². The van der Waals surface area contributed by atoms with Gasteiger partial charge in [-0.1, -0.05) is 17.7 Å². The topological polar surface area (TPSA) is 92.5 Å². The minimum absolute atomic E-state index is 0.0111. The van der Waals surface area contributed by atoms with Crippen molar-refractivity contribution < 1.29 is 13.2 Å². The molecule has 1 rings (SSSR count). The Morgan fingerprint density at radius 1 is 1.42 bits per heavy atom. The van der Waals surface area contributed by atoms with E-state index in [2.05, 4.69) is 4.72 Å². The first-order valence-corrected chi connectivity index (χ1v) is 7.30. The molecule has 0 bridgehead atoms. The number of nitrogen functional groups attached to an aromatic ring is 1. The Bertz CT molecular complexity index is 567. The van der Waals surface area contributed by atoms with Crippen LogP contribution in [0.4, 0.5) is 5.69 Å². The van der Waals surface area contributed by atoms with Crippen LogP contribution in [0.15, 0.2) is 23.1 Å². The zero-order valence-electron chi connectivity index (χ0n) is 10.8. The lowest BCUT2D eigenvalue weighted by atomic mass is 10.3. The number of halogens is 1. The summed E-state index contributed by atoms with van der Waals surface area (Å²) < 4.78 is 26.6. The molecule has 0 aliphatic carbocycles. The number of likely N-dealkylation sites (N-methyl/N-ethyl adjacent to an activating group) is 1. The van der Waals surface area contributed by atoms with Crippen LogP contribution >= 0.6 is 11.6 Å². The van der Waals surface area contributed by atoms with Gasteiger partial charge in [0.25, 0.3) is 0 Å². The van der Waals surface area contributed by atoms with Crippen molar-refractivity contribution in [2.75, 3.05) is 19.8 Å². The number of rotatable bonds is 4. The van der Waals surface area contributed by atoms with Crippen LogP contribution in [0.2, 0.25) is 5.02 Å². The molecule has 8 heteroatoms. The number of nitrogens with two attached hydrogens (primary N) is 1. The van der Waals surface area contributed by atoms with Crippen molar-refractivity contribution in [1.29, 1.82) is 0 Å². The van der Waals surface area contributed by atoms with E-state index in [4.69, 9.17) is 17.3 Å². The van der Waals surface area contributed by atoms with Crippen LogP contribution in [-0.2, 0) is 14.8 Å². The van der Waals surface area contributed by atoms with Crippen LogP contribution in [0.1, 0.15) is 6.92 Å². The third kappa shape index (κ3) is 3.59. The van der Waals surface area contributed by atoms with E-state index in [-0.39, 0.29) is 21.5 Å². The van der Waals surface area contributed by atoms with Gasteiger partial charge in [-0.25, -0.2) is 8.42 Å². The predicted octanol–water partition coefficient (Wildman–Crippen LogP) is 0.677. The second kappa shape index (κ2) is 5.77. The Hall–Kier alpha value is -1.31. The lowest BCUT2D eigenvalue weighted by molar-refractivity contribution is -0.130. The summed E-state index contributed by atoms with van der Waals surface area (Å²) in [4.78, 5) is 12.7. The lowest BCUT2D eigenvalue weighted by Crippen LogP contribution is -2.44. The molecule has 1 aromatic rings. The van der Waals surface area contributed by atoms with Gasteiger partial charge in [0.1, 0.15) is 4.90 Å². The molecule has 19 heavy (non-hydrogen) atoms. The average Bonchev–Trinajstić information content (AvgIpc) is 2.26. The molecule has 1 amide bonds. The Labute approximate surface area is 117 Å². The molecule has 0 aliphatic rings. The molecule has 0 spiro atoms. The first-order chi connectivity index (χ1) is 8.66. The van der Waals surface area contributed by atoms with E-state index >= 15 is 0 Å². The number of sulfonamides is 1. The normalized spacial score (nSPS) is 13.1. The number of amides is 1. The van der Waals surface area contributed by atoms with Crippen LogP contribution in [0.5, 0.6) is 0 Å². The Morgan fingerprint density at radius 3 is 2.47 bits per heavy atom. The maximum absolute atomic E-state index is 12.2. The standard InChI is InChI=1S/C11H16ClN3O3S/c1-7(11(16)15(2)3)14-19(17,18)10-8(12)5-4-6-9(10)13/h4-7,14H,13H2,1-3H3. The molecule has 0 heterocycles. The highest BCUT2D eigenvalue weighted by Crippen LogP contribution is 2.27. The van der Waals surface area contributed by atoms with Crippen molar-refractivity contribution in [2.45, 2.75) is 17.9 Å². The van der Waals surface area contributed by atoms with E-state index in [1.165, 1.54) is 38.1 Å². The summed E-state index contributed by atoms with van der Waals surface area (Å²) in [6.07, 6.45) is 0. The Balaban J connectivity index is 3.10. The summed E-state index contributed by atoms with van der Waals surface area (Å²) in [5.41, 5.74) is 5.65. The van der Waals surface area contributed by atoms with E-state index in [0.717, 1.165) is 0 Å². The third-order valence-corrected chi connectivity index (χ3v) is 4.49. The van der Waals surface area contributed by atoms with Crippen LogP contribution < -0.4 is 10.5 Å². The molecule has 0 saturated carbocycles. The molecule has 0 fully saturated rings. The smallest absolute Gasteiger partial charge is 0.244 e. The minimum atomic E-state index is -3.95. The average molecular weight is 306 g/mol. The van der Waals surface area contributed by atoms with Gasteiger partial charge >= 0.3 is 0 Å². The van der Waals surface area contributed by atoms with Gasteiger partial charge in [-0.05, 0) is 19.1 Å². The summed E-state index contributed by atoms with van der Waals surface area (Å²) in [5, 5.41) is 0.0111. The number of nitrogens with one attached hydrogen (secondary N) is 1. The Morgan fingerprint density at radius 2 is 2.00 bits per heavy atom. The maximum Gasteiger partial charge on any atom is 0.244 e. The molecule has 1 atom stereocenters. The number of carbonyl (C=O) groups is 1. The highest BCUT2D eigenvalue weighted by atomic mass is 35.5. The Kier molecular flexibility index (Phi) is 4.78. The summed E-state index contributed by atoms with van der Waals surface area (Å²) in [6.45, 7) is 1.45. The summed E-state index contributed by atoms with van der Waals surface area (Å²) in [7, 11) is -0.876. The van der Waals surface area contributed by atoms with E-state index in [9.17, 15) is 13.2 Å².